The monoisotopic (exact) mass is 233 g/mol. The van der Waals surface area contributed by atoms with E-state index >= 15 is 0 Å². The molecule has 6 heteroatoms. The van der Waals surface area contributed by atoms with Gasteiger partial charge in [0.2, 0.25) is 0 Å². The lowest BCUT2D eigenvalue weighted by Gasteiger charge is -2.15. The first-order chi connectivity index (χ1) is 8.09. The molecule has 6 nitrogen and oxygen atoms in total. The number of hydrogen-bond acceptors (Lipinski definition) is 6. The molecule has 0 aliphatic heterocycles. The fraction of sp³-hybridized carbons (Fsp3) is 0.364. The quantitative estimate of drug-likeness (QED) is 0.840. The van der Waals surface area contributed by atoms with Gasteiger partial charge in [-0.15, -0.1) is 0 Å². The van der Waals surface area contributed by atoms with E-state index in [0.29, 0.717) is 11.5 Å². The zero-order valence-electron chi connectivity index (χ0n) is 10.1. The van der Waals surface area contributed by atoms with Crippen molar-refractivity contribution in [2.45, 2.75) is 26.8 Å². The van der Waals surface area contributed by atoms with Crippen molar-refractivity contribution >= 4 is 11.5 Å². The Labute approximate surface area is 99.2 Å². The second-order valence-electron chi connectivity index (χ2n) is 3.93. The number of rotatable bonds is 3. The molecule has 0 spiro atoms. The molecule has 0 radical (unpaired) electrons. The van der Waals surface area contributed by atoms with Crippen molar-refractivity contribution in [2.75, 3.05) is 11.1 Å². The average Bonchev–Trinajstić information content (AvgIpc) is 2.62. The van der Waals surface area contributed by atoms with E-state index in [1.807, 2.05) is 20.8 Å². The molecule has 0 aliphatic carbocycles. The molecular formula is C11H15N5O. The molecule has 17 heavy (non-hydrogen) atoms. The maximum Gasteiger partial charge on any atom is 0.153 e. The van der Waals surface area contributed by atoms with E-state index in [2.05, 4.69) is 20.4 Å². The minimum Gasteiger partial charge on any atom is -0.394 e. The van der Waals surface area contributed by atoms with Crippen LogP contribution in [0.15, 0.2) is 17.0 Å². The summed E-state index contributed by atoms with van der Waals surface area (Å²) in [6.07, 6.45) is 3.02. The highest BCUT2D eigenvalue weighted by Gasteiger charge is 2.17. The number of nitrogens with zero attached hydrogens (tertiary/aromatic N) is 3. The Kier molecular flexibility index (Phi) is 2.95. The number of aryl methyl sites for hydroxylation is 2. The van der Waals surface area contributed by atoms with Gasteiger partial charge in [-0.05, 0) is 20.8 Å². The number of hydrogen-bond donors (Lipinski definition) is 2. The number of anilines is 2. The van der Waals surface area contributed by atoms with Crippen molar-refractivity contribution < 1.29 is 4.52 Å². The van der Waals surface area contributed by atoms with Crippen LogP contribution in [0.5, 0.6) is 0 Å². The van der Waals surface area contributed by atoms with E-state index in [0.717, 1.165) is 17.0 Å². The Balaban J connectivity index is 2.23. The highest BCUT2D eigenvalue weighted by atomic mass is 16.5. The lowest BCUT2D eigenvalue weighted by molar-refractivity contribution is 0.392. The molecule has 0 amide bonds. The summed E-state index contributed by atoms with van der Waals surface area (Å²) in [6, 6.07) is 0.0263. The van der Waals surface area contributed by atoms with Gasteiger partial charge < -0.3 is 15.6 Å². The summed E-state index contributed by atoms with van der Waals surface area (Å²) in [5, 5.41) is 7.14. The molecule has 0 bridgehead atoms. The van der Waals surface area contributed by atoms with Crippen molar-refractivity contribution in [3.63, 3.8) is 0 Å². The summed E-state index contributed by atoms with van der Waals surface area (Å²) < 4.78 is 5.13. The minimum atomic E-state index is 0.0263. The SMILES string of the molecule is Cc1noc(C)c1C(C)Nc1ncncc1N. The van der Waals surface area contributed by atoms with Gasteiger partial charge in [-0.25, -0.2) is 9.97 Å². The lowest BCUT2D eigenvalue weighted by atomic mass is 10.1. The van der Waals surface area contributed by atoms with Gasteiger partial charge in [-0.3, -0.25) is 0 Å². The van der Waals surface area contributed by atoms with Gasteiger partial charge in [0.05, 0.1) is 23.6 Å². The van der Waals surface area contributed by atoms with Gasteiger partial charge >= 0.3 is 0 Å². The van der Waals surface area contributed by atoms with Gasteiger partial charge in [-0.1, -0.05) is 5.16 Å². The third-order valence-corrected chi connectivity index (χ3v) is 2.62. The van der Waals surface area contributed by atoms with E-state index < -0.39 is 0 Å². The fourth-order valence-corrected chi connectivity index (χ4v) is 1.85. The van der Waals surface area contributed by atoms with Crippen LogP contribution >= 0.6 is 0 Å². The summed E-state index contributed by atoms with van der Waals surface area (Å²) in [5.41, 5.74) is 8.19. The molecule has 0 aliphatic rings. The third-order valence-electron chi connectivity index (χ3n) is 2.62. The molecule has 2 rings (SSSR count). The van der Waals surface area contributed by atoms with E-state index in [9.17, 15) is 0 Å². The predicted octanol–water partition coefficient (Wildman–Crippen LogP) is 1.84. The van der Waals surface area contributed by atoms with Gasteiger partial charge in [0, 0.05) is 5.56 Å². The van der Waals surface area contributed by atoms with Crippen LogP contribution in [0.1, 0.15) is 30.0 Å². The van der Waals surface area contributed by atoms with Crippen LogP contribution in [0, 0.1) is 13.8 Å². The van der Waals surface area contributed by atoms with Crippen LogP contribution in [0.2, 0.25) is 0 Å². The zero-order valence-corrected chi connectivity index (χ0v) is 10.1. The van der Waals surface area contributed by atoms with Crippen LogP contribution in [-0.2, 0) is 0 Å². The van der Waals surface area contributed by atoms with Crippen molar-refractivity contribution in [1.82, 2.24) is 15.1 Å². The molecule has 0 aromatic carbocycles. The molecular weight excluding hydrogens is 218 g/mol. The number of aromatic nitrogens is 3. The van der Waals surface area contributed by atoms with Gasteiger partial charge in [0.1, 0.15) is 12.1 Å². The van der Waals surface area contributed by atoms with Crippen LogP contribution in [0.4, 0.5) is 11.5 Å². The maximum atomic E-state index is 5.77. The van der Waals surface area contributed by atoms with E-state index in [-0.39, 0.29) is 6.04 Å². The Morgan fingerprint density at radius 1 is 1.41 bits per heavy atom. The Morgan fingerprint density at radius 3 is 2.76 bits per heavy atom. The molecule has 1 atom stereocenters. The lowest BCUT2D eigenvalue weighted by Crippen LogP contribution is -2.11. The summed E-state index contributed by atoms with van der Waals surface area (Å²) in [7, 11) is 0. The van der Waals surface area contributed by atoms with Gasteiger partial charge in [0.15, 0.2) is 5.82 Å². The van der Waals surface area contributed by atoms with Crippen LogP contribution in [0.3, 0.4) is 0 Å². The van der Waals surface area contributed by atoms with Crippen molar-refractivity contribution in [1.29, 1.82) is 0 Å². The number of nitrogens with one attached hydrogen (secondary N) is 1. The molecule has 2 heterocycles. The van der Waals surface area contributed by atoms with E-state index in [1.165, 1.54) is 6.33 Å². The number of nitrogens with two attached hydrogens (primary N) is 1. The van der Waals surface area contributed by atoms with Gasteiger partial charge in [0.25, 0.3) is 0 Å². The van der Waals surface area contributed by atoms with Crippen molar-refractivity contribution in [3.05, 3.63) is 29.5 Å². The smallest absolute Gasteiger partial charge is 0.153 e. The molecule has 3 N–H and O–H groups in total. The van der Waals surface area contributed by atoms with Crippen LogP contribution in [0.25, 0.3) is 0 Å². The molecule has 0 fully saturated rings. The van der Waals surface area contributed by atoms with E-state index in [4.69, 9.17) is 10.3 Å². The zero-order chi connectivity index (χ0) is 12.4. The molecule has 2 aromatic heterocycles. The molecule has 0 saturated heterocycles. The van der Waals surface area contributed by atoms with E-state index in [1.54, 1.807) is 6.20 Å². The fourth-order valence-electron chi connectivity index (χ4n) is 1.85. The van der Waals surface area contributed by atoms with Crippen molar-refractivity contribution in [2.24, 2.45) is 0 Å². The summed E-state index contributed by atoms with van der Waals surface area (Å²) in [5.74, 6) is 1.42. The minimum absolute atomic E-state index is 0.0263. The highest BCUT2D eigenvalue weighted by molar-refractivity contribution is 5.60. The largest absolute Gasteiger partial charge is 0.394 e. The first-order valence-electron chi connectivity index (χ1n) is 5.34. The highest BCUT2D eigenvalue weighted by Crippen LogP contribution is 2.25. The Morgan fingerprint density at radius 2 is 2.18 bits per heavy atom. The second kappa shape index (κ2) is 4.40. The van der Waals surface area contributed by atoms with Crippen LogP contribution in [-0.4, -0.2) is 15.1 Å². The standard InChI is InChI=1S/C11H15N5O/c1-6(10-7(2)16-17-8(10)3)15-11-9(12)4-13-5-14-11/h4-6H,12H2,1-3H3,(H,13,14,15). The molecule has 90 valence electrons. The molecule has 0 saturated carbocycles. The summed E-state index contributed by atoms with van der Waals surface area (Å²) in [6.45, 7) is 5.80. The summed E-state index contributed by atoms with van der Waals surface area (Å²) in [4.78, 5) is 7.93. The van der Waals surface area contributed by atoms with Crippen LogP contribution < -0.4 is 11.1 Å². The Hall–Kier alpha value is -2.11. The normalized spacial score (nSPS) is 12.4. The topological polar surface area (TPSA) is 89.9 Å². The van der Waals surface area contributed by atoms with Gasteiger partial charge in [-0.2, -0.15) is 0 Å². The average molecular weight is 233 g/mol. The number of nitrogen functional groups attached to an aromatic ring is 1. The predicted molar refractivity (Wildman–Crippen MR) is 64.5 cm³/mol. The third kappa shape index (κ3) is 2.20. The Bertz CT molecular complexity index is 503. The first kappa shape index (κ1) is 11.4. The molecule has 2 aromatic rings. The molecule has 1 unspecified atom stereocenters. The van der Waals surface area contributed by atoms with Crippen molar-refractivity contribution in [3.8, 4) is 0 Å². The maximum absolute atomic E-state index is 5.77. The summed E-state index contributed by atoms with van der Waals surface area (Å²) >= 11 is 0. The second-order valence-corrected chi connectivity index (χ2v) is 3.93. The first-order valence-corrected chi connectivity index (χ1v) is 5.34.